The van der Waals surface area contributed by atoms with Crippen LogP contribution in [0, 0.1) is 19.8 Å². The monoisotopic (exact) mass is 389 g/mol. The van der Waals surface area contributed by atoms with Crippen LogP contribution in [0.1, 0.15) is 23.2 Å². The van der Waals surface area contributed by atoms with E-state index in [9.17, 15) is 13.6 Å². The van der Waals surface area contributed by atoms with Crippen molar-refractivity contribution in [1.29, 1.82) is 0 Å². The van der Waals surface area contributed by atoms with E-state index in [1.807, 2.05) is 50.2 Å². The number of amides is 1. The fourth-order valence-corrected chi connectivity index (χ4v) is 3.18. The molecule has 1 aromatic heterocycles. The van der Waals surface area contributed by atoms with E-state index >= 15 is 0 Å². The highest BCUT2D eigenvalue weighted by Crippen LogP contribution is 2.33. The van der Waals surface area contributed by atoms with Gasteiger partial charge < -0.3 is 15.0 Å². The summed E-state index contributed by atoms with van der Waals surface area (Å²) in [5, 5.41) is 2.98. The number of nitrogens with one attached hydrogen (secondary N) is 1. The second kappa shape index (κ2) is 8.54. The molecule has 1 atom stereocenters. The van der Waals surface area contributed by atoms with Crippen LogP contribution in [0.3, 0.4) is 0 Å². The van der Waals surface area contributed by atoms with Crippen molar-refractivity contribution in [3.8, 4) is 0 Å². The number of halogens is 2. The number of carbonyl (C=O) groups is 1. The molecule has 0 bridgehead atoms. The molecule has 1 N–H and O–H groups in total. The van der Waals surface area contributed by atoms with Crippen LogP contribution < -0.4 is 5.32 Å². The van der Waals surface area contributed by atoms with Gasteiger partial charge in [0, 0.05) is 24.7 Å². The summed E-state index contributed by atoms with van der Waals surface area (Å²) >= 11 is 0. The molecule has 150 valence electrons. The van der Waals surface area contributed by atoms with Gasteiger partial charge in [0.2, 0.25) is 0 Å². The highest BCUT2D eigenvalue weighted by molar-refractivity contribution is 5.68. The Balaban J connectivity index is 1.50. The largest absolute Gasteiger partial charge is 0.445 e. The molecule has 0 unspecified atom stereocenters. The standard InChI is InChI=1S/C21H25F2N3O2/c1-15-6-8-17(9-7-15)13-28-20(27)26-11-10-18(21(22,23)14-26)12-24-19-5-3-4-16(2)25-19/h3-9,18H,10-14H2,1-2H3,(H,24,25)/t18-/m1/s1. The molecular formula is C21H25F2N3O2. The van der Waals surface area contributed by atoms with E-state index in [0.717, 1.165) is 21.7 Å². The molecule has 1 aromatic carbocycles. The Labute approximate surface area is 163 Å². The van der Waals surface area contributed by atoms with Crippen LogP contribution in [0.15, 0.2) is 42.5 Å². The van der Waals surface area contributed by atoms with E-state index in [0.29, 0.717) is 5.82 Å². The molecule has 1 amide bonds. The Kier molecular flexibility index (Phi) is 6.11. The zero-order valence-corrected chi connectivity index (χ0v) is 16.1. The Morgan fingerprint density at radius 1 is 1.25 bits per heavy atom. The Morgan fingerprint density at radius 2 is 2.00 bits per heavy atom. The molecular weight excluding hydrogens is 364 g/mol. The maximum absolute atomic E-state index is 14.6. The number of hydrogen-bond donors (Lipinski definition) is 1. The van der Waals surface area contributed by atoms with E-state index in [2.05, 4.69) is 10.3 Å². The van der Waals surface area contributed by atoms with Crippen molar-refractivity contribution in [1.82, 2.24) is 9.88 Å². The maximum atomic E-state index is 14.6. The third kappa shape index (κ3) is 5.18. The van der Waals surface area contributed by atoms with Gasteiger partial charge >= 0.3 is 6.09 Å². The molecule has 1 aliphatic heterocycles. The van der Waals surface area contributed by atoms with E-state index in [1.165, 1.54) is 0 Å². The minimum Gasteiger partial charge on any atom is -0.445 e. The minimum absolute atomic E-state index is 0.0746. The fourth-order valence-electron chi connectivity index (χ4n) is 3.18. The number of ether oxygens (including phenoxy) is 1. The fraction of sp³-hybridized carbons (Fsp3) is 0.429. The maximum Gasteiger partial charge on any atom is 0.410 e. The highest BCUT2D eigenvalue weighted by Gasteiger charge is 2.46. The first-order chi connectivity index (χ1) is 13.3. The lowest BCUT2D eigenvalue weighted by molar-refractivity contribution is -0.101. The van der Waals surface area contributed by atoms with E-state index in [1.54, 1.807) is 6.07 Å². The van der Waals surface area contributed by atoms with Gasteiger partial charge in [-0.3, -0.25) is 0 Å². The first-order valence-electron chi connectivity index (χ1n) is 9.36. The zero-order valence-electron chi connectivity index (χ0n) is 16.1. The molecule has 1 aliphatic rings. The lowest BCUT2D eigenvalue weighted by Gasteiger charge is -2.37. The lowest BCUT2D eigenvalue weighted by Crippen LogP contribution is -2.52. The number of aryl methyl sites for hydroxylation is 2. The van der Waals surface area contributed by atoms with Crippen LogP contribution >= 0.6 is 0 Å². The Hall–Kier alpha value is -2.70. The smallest absolute Gasteiger partial charge is 0.410 e. The summed E-state index contributed by atoms with van der Waals surface area (Å²) in [7, 11) is 0. The Morgan fingerprint density at radius 3 is 2.68 bits per heavy atom. The number of anilines is 1. The first kappa shape index (κ1) is 20.0. The Bertz CT molecular complexity index is 812. The molecule has 2 heterocycles. The van der Waals surface area contributed by atoms with Gasteiger partial charge in [0.05, 0.1) is 6.54 Å². The van der Waals surface area contributed by atoms with Crippen LogP contribution in [0.4, 0.5) is 19.4 Å². The number of pyridine rings is 1. The predicted molar refractivity (Wildman–Crippen MR) is 103 cm³/mol. The predicted octanol–water partition coefficient (Wildman–Crippen LogP) is 4.40. The van der Waals surface area contributed by atoms with Gasteiger partial charge in [-0.05, 0) is 38.0 Å². The number of hydrogen-bond acceptors (Lipinski definition) is 4. The number of likely N-dealkylation sites (tertiary alicyclic amines) is 1. The molecule has 7 heteroatoms. The van der Waals surface area contributed by atoms with Crippen molar-refractivity contribution in [3.63, 3.8) is 0 Å². The van der Waals surface area contributed by atoms with Crippen molar-refractivity contribution in [2.24, 2.45) is 5.92 Å². The molecule has 5 nitrogen and oxygen atoms in total. The quantitative estimate of drug-likeness (QED) is 0.823. The summed E-state index contributed by atoms with van der Waals surface area (Å²) in [6, 6.07) is 13.0. The zero-order chi connectivity index (χ0) is 20.1. The highest BCUT2D eigenvalue weighted by atomic mass is 19.3. The normalized spacial score (nSPS) is 18.6. The molecule has 1 saturated heterocycles. The number of carbonyl (C=O) groups excluding carboxylic acids is 1. The number of benzene rings is 1. The number of nitrogens with zero attached hydrogens (tertiary/aromatic N) is 2. The van der Waals surface area contributed by atoms with Gasteiger partial charge in [0.15, 0.2) is 0 Å². The van der Waals surface area contributed by atoms with Gasteiger partial charge in [-0.25, -0.2) is 18.6 Å². The van der Waals surface area contributed by atoms with Crippen LogP contribution in [0.2, 0.25) is 0 Å². The summed E-state index contributed by atoms with van der Waals surface area (Å²) in [6.07, 6.45) is -0.502. The summed E-state index contributed by atoms with van der Waals surface area (Å²) in [4.78, 5) is 17.6. The van der Waals surface area contributed by atoms with Crippen molar-refractivity contribution < 1.29 is 18.3 Å². The summed E-state index contributed by atoms with van der Waals surface area (Å²) in [6.45, 7) is 3.61. The van der Waals surface area contributed by atoms with Crippen molar-refractivity contribution in [2.75, 3.05) is 25.0 Å². The van der Waals surface area contributed by atoms with Crippen molar-refractivity contribution in [2.45, 2.75) is 32.8 Å². The molecule has 28 heavy (non-hydrogen) atoms. The summed E-state index contributed by atoms with van der Waals surface area (Å²) in [5.74, 6) is -3.27. The third-order valence-electron chi connectivity index (χ3n) is 4.91. The number of piperidine rings is 1. The number of aromatic nitrogens is 1. The third-order valence-corrected chi connectivity index (χ3v) is 4.91. The molecule has 2 aromatic rings. The van der Waals surface area contributed by atoms with Gasteiger partial charge in [-0.15, -0.1) is 0 Å². The molecule has 0 radical (unpaired) electrons. The van der Waals surface area contributed by atoms with Gasteiger partial charge in [0.1, 0.15) is 12.4 Å². The van der Waals surface area contributed by atoms with Gasteiger partial charge in [-0.1, -0.05) is 35.9 Å². The van der Waals surface area contributed by atoms with Crippen LogP contribution in [0.25, 0.3) is 0 Å². The molecule has 0 spiro atoms. The second-order valence-electron chi connectivity index (χ2n) is 7.25. The second-order valence-corrected chi connectivity index (χ2v) is 7.25. The number of rotatable bonds is 5. The van der Waals surface area contributed by atoms with Crippen LogP contribution in [-0.4, -0.2) is 41.5 Å². The SMILES string of the molecule is Cc1ccc(COC(=O)N2CC[C@H](CNc3cccc(C)n3)C(F)(F)C2)cc1. The van der Waals surface area contributed by atoms with E-state index in [-0.39, 0.29) is 26.1 Å². The first-order valence-corrected chi connectivity index (χ1v) is 9.36. The number of alkyl halides is 2. The van der Waals surface area contributed by atoms with Gasteiger partial charge in [-0.2, -0.15) is 0 Å². The van der Waals surface area contributed by atoms with Crippen molar-refractivity contribution in [3.05, 3.63) is 59.3 Å². The van der Waals surface area contributed by atoms with E-state index < -0.39 is 24.5 Å². The molecule has 0 saturated carbocycles. The van der Waals surface area contributed by atoms with Gasteiger partial charge in [0.25, 0.3) is 5.92 Å². The van der Waals surface area contributed by atoms with E-state index in [4.69, 9.17) is 4.74 Å². The average Bonchev–Trinajstić information content (AvgIpc) is 2.66. The summed E-state index contributed by atoms with van der Waals surface area (Å²) in [5.41, 5.74) is 2.75. The van der Waals surface area contributed by atoms with Crippen LogP contribution in [-0.2, 0) is 11.3 Å². The molecule has 3 rings (SSSR count). The minimum atomic E-state index is -2.99. The molecule has 0 aliphatic carbocycles. The topological polar surface area (TPSA) is 54.5 Å². The van der Waals surface area contributed by atoms with Crippen molar-refractivity contribution >= 4 is 11.9 Å². The lowest BCUT2D eigenvalue weighted by atomic mass is 9.93. The summed E-state index contributed by atoms with van der Waals surface area (Å²) < 4.78 is 34.3. The van der Waals surface area contributed by atoms with Crippen LogP contribution in [0.5, 0.6) is 0 Å². The average molecular weight is 389 g/mol. The molecule has 1 fully saturated rings.